The molecule has 29 heavy (non-hydrogen) atoms. The number of aryl methyl sites for hydroxylation is 2. The first-order valence-corrected chi connectivity index (χ1v) is 9.12. The third-order valence-corrected chi connectivity index (χ3v) is 4.92. The predicted octanol–water partition coefficient (Wildman–Crippen LogP) is 3.27. The third-order valence-electron chi connectivity index (χ3n) is 4.92. The van der Waals surface area contributed by atoms with Gasteiger partial charge in [0.1, 0.15) is 5.70 Å². The minimum atomic E-state index is -0.461. The Labute approximate surface area is 169 Å². The second-order valence-electron chi connectivity index (χ2n) is 6.85. The summed E-state index contributed by atoms with van der Waals surface area (Å²) in [5.41, 5.74) is 5.12. The van der Waals surface area contributed by atoms with Crippen LogP contribution in [0.15, 0.2) is 42.6 Å². The van der Waals surface area contributed by atoms with Crippen LogP contribution in [0.2, 0.25) is 0 Å². The molecular weight excluding hydrogens is 370 g/mol. The Bertz CT molecular complexity index is 1060. The topological polar surface area (TPSA) is 80.6 Å². The summed E-state index contributed by atoms with van der Waals surface area (Å²) >= 11 is 0. The molecule has 0 atom stereocenters. The summed E-state index contributed by atoms with van der Waals surface area (Å²) in [7, 11) is 1.35. The zero-order valence-corrected chi connectivity index (χ0v) is 16.9. The molecule has 1 fully saturated rings. The molecule has 3 amide bonds. The molecule has 7 nitrogen and oxygen atoms in total. The molecule has 150 valence electrons. The molecule has 0 spiro atoms. The van der Waals surface area contributed by atoms with Crippen LogP contribution in [0.25, 0.3) is 11.8 Å². The fourth-order valence-electron chi connectivity index (χ4n) is 3.42. The Balaban J connectivity index is 2.05. The van der Waals surface area contributed by atoms with Crippen LogP contribution < -0.4 is 5.32 Å². The molecule has 1 aliphatic rings. The number of nitrogens with one attached hydrogen (secondary N) is 1. The van der Waals surface area contributed by atoms with Crippen LogP contribution >= 0.6 is 0 Å². The number of hydrogen-bond acceptors (Lipinski definition) is 4. The number of amides is 3. The zero-order valence-electron chi connectivity index (χ0n) is 16.9. The standard InChI is InChI=1S/C22H23N3O4/c1-6-9-24-20(26)18(23-22(24)28)11-17-10-14(3)25(15(17)4)19-12-16(21(27)29-5)8-7-13(19)2/h6-8,10-12H,1,9H2,2-5H3,(H,23,28)/b18-11+. The van der Waals surface area contributed by atoms with Gasteiger partial charge in [0.15, 0.2) is 0 Å². The lowest BCUT2D eigenvalue weighted by atomic mass is 10.1. The summed E-state index contributed by atoms with van der Waals surface area (Å²) < 4.78 is 6.84. The molecular formula is C22H23N3O4. The van der Waals surface area contributed by atoms with Gasteiger partial charge in [0.25, 0.3) is 5.91 Å². The first-order chi connectivity index (χ1) is 13.8. The van der Waals surface area contributed by atoms with Crippen molar-refractivity contribution in [1.82, 2.24) is 14.8 Å². The molecule has 0 unspecified atom stereocenters. The number of aromatic nitrogens is 1. The highest BCUT2D eigenvalue weighted by atomic mass is 16.5. The summed E-state index contributed by atoms with van der Waals surface area (Å²) in [6, 6.07) is 6.85. The van der Waals surface area contributed by atoms with E-state index in [4.69, 9.17) is 4.74 Å². The lowest BCUT2D eigenvalue weighted by molar-refractivity contribution is -0.122. The Morgan fingerprint density at radius 1 is 1.21 bits per heavy atom. The average molecular weight is 393 g/mol. The number of ether oxygens (including phenoxy) is 1. The van der Waals surface area contributed by atoms with Gasteiger partial charge in [-0.3, -0.25) is 9.69 Å². The maximum Gasteiger partial charge on any atom is 0.337 e. The summed E-state index contributed by atoms with van der Waals surface area (Å²) in [4.78, 5) is 37.5. The van der Waals surface area contributed by atoms with Crippen LogP contribution in [0.5, 0.6) is 0 Å². The third kappa shape index (κ3) is 3.59. The van der Waals surface area contributed by atoms with E-state index in [0.717, 1.165) is 33.1 Å². The van der Waals surface area contributed by atoms with Crippen LogP contribution in [0.1, 0.15) is 32.9 Å². The van der Waals surface area contributed by atoms with Gasteiger partial charge in [-0.15, -0.1) is 6.58 Å². The molecule has 2 heterocycles. The molecule has 0 aliphatic carbocycles. The lowest BCUT2D eigenvalue weighted by Crippen LogP contribution is -2.30. The van der Waals surface area contributed by atoms with E-state index in [-0.39, 0.29) is 18.1 Å². The summed E-state index contributed by atoms with van der Waals surface area (Å²) in [5, 5.41) is 2.61. The predicted molar refractivity (Wildman–Crippen MR) is 110 cm³/mol. The molecule has 7 heteroatoms. The van der Waals surface area contributed by atoms with Crippen LogP contribution in [0.3, 0.4) is 0 Å². The van der Waals surface area contributed by atoms with Gasteiger partial charge in [-0.2, -0.15) is 0 Å². The number of hydrogen-bond donors (Lipinski definition) is 1. The van der Waals surface area contributed by atoms with Crippen LogP contribution in [0.4, 0.5) is 4.79 Å². The second kappa shape index (κ2) is 7.79. The van der Waals surface area contributed by atoms with Crippen molar-refractivity contribution in [3.05, 3.63) is 70.7 Å². The fourth-order valence-corrected chi connectivity index (χ4v) is 3.42. The number of urea groups is 1. The molecule has 0 saturated carbocycles. The summed E-state index contributed by atoms with van der Waals surface area (Å²) in [6.45, 7) is 9.55. The van der Waals surface area contributed by atoms with E-state index < -0.39 is 12.0 Å². The number of rotatable bonds is 5. The number of nitrogens with zero attached hydrogens (tertiary/aromatic N) is 2. The second-order valence-corrected chi connectivity index (χ2v) is 6.85. The maximum absolute atomic E-state index is 12.5. The molecule has 3 rings (SSSR count). The van der Waals surface area contributed by atoms with Crippen LogP contribution in [-0.4, -0.2) is 41.0 Å². The van der Waals surface area contributed by atoms with Gasteiger partial charge in [0.05, 0.1) is 12.7 Å². The van der Waals surface area contributed by atoms with E-state index in [1.165, 1.54) is 13.2 Å². The first kappa shape index (κ1) is 20.1. The number of benzene rings is 1. The van der Waals surface area contributed by atoms with Crippen molar-refractivity contribution in [3.63, 3.8) is 0 Å². The fraction of sp³-hybridized carbons (Fsp3) is 0.227. The molecule has 0 radical (unpaired) electrons. The average Bonchev–Trinajstić information content (AvgIpc) is 3.12. The van der Waals surface area contributed by atoms with Crippen molar-refractivity contribution in [2.24, 2.45) is 0 Å². The Morgan fingerprint density at radius 3 is 2.59 bits per heavy atom. The van der Waals surface area contributed by atoms with Gasteiger partial charge in [-0.1, -0.05) is 12.1 Å². The van der Waals surface area contributed by atoms with Crippen molar-refractivity contribution in [1.29, 1.82) is 0 Å². The van der Waals surface area contributed by atoms with E-state index in [1.54, 1.807) is 18.2 Å². The van der Waals surface area contributed by atoms with Gasteiger partial charge in [0, 0.05) is 23.6 Å². The molecule has 0 bridgehead atoms. The summed E-state index contributed by atoms with van der Waals surface area (Å²) in [6.07, 6.45) is 3.17. The van der Waals surface area contributed by atoms with E-state index in [2.05, 4.69) is 11.9 Å². The highest BCUT2D eigenvalue weighted by Gasteiger charge is 2.32. The number of esters is 1. The van der Waals surface area contributed by atoms with Crippen LogP contribution in [-0.2, 0) is 9.53 Å². The molecule has 1 N–H and O–H groups in total. The van der Waals surface area contributed by atoms with Crippen molar-refractivity contribution in [2.75, 3.05) is 13.7 Å². The van der Waals surface area contributed by atoms with E-state index in [1.807, 2.05) is 37.5 Å². The smallest absolute Gasteiger partial charge is 0.337 e. The van der Waals surface area contributed by atoms with E-state index >= 15 is 0 Å². The van der Waals surface area contributed by atoms with Crippen molar-refractivity contribution in [2.45, 2.75) is 20.8 Å². The highest BCUT2D eigenvalue weighted by molar-refractivity contribution is 6.14. The number of carbonyl (C=O) groups is 3. The van der Waals surface area contributed by atoms with Gasteiger partial charge in [-0.05, 0) is 56.2 Å². The number of imide groups is 1. The molecule has 1 saturated heterocycles. The Hall–Kier alpha value is -3.61. The first-order valence-electron chi connectivity index (χ1n) is 9.12. The van der Waals surface area contributed by atoms with Gasteiger partial charge in [-0.25, -0.2) is 9.59 Å². The molecule has 1 aromatic carbocycles. The maximum atomic E-state index is 12.5. The molecule has 2 aromatic rings. The Morgan fingerprint density at radius 2 is 1.93 bits per heavy atom. The van der Waals surface area contributed by atoms with Crippen molar-refractivity contribution < 1.29 is 19.1 Å². The van der Waals surface area contributed by atoms with Gasteiger partial charge in [0.2, 0.25) is 0 Å². The lowest BCUT2D eigenvalue weighted by Gasteiger charge is -2.14. The van der Waals surface area contributed by atoms with E-state index in [0.29, 0.717) is 5.56 Å². The zero-order chi connectivity index (χ0) is 21.3. The number of methoxy groups -OCH3 is 1. The quantitative estimate of drug-likeness (QED) is 0.366. The molecule has 1 aliphatic heterocycles. The summed E-state index contributed by atoms with van der Waals surface area (Å²) in [5.74, 6) is -0.791. The van der Waals surface area contributed by atoms with Crippen LogP contribution in [0, 0.1) is 20.8 Å². The van der Waals surface area contributed by atoms with Crippen molar-refractivity contribution >= 4 is 24.0 Å². The SMILES string of the molecule is C=CCN1C(=O)N/C(=C/c2cc(C)n(-c3cc(C(=O)OC)ccc3C)c2C)C1=O. The normalized spacial score (nSPS) is 15.0. The largest absolute Gasteiger partial charge is 0.465 e. The van der Waals surface area contributed by atoms with Gasteiger partial charge < -0.3 is 14.6 Å². The van der Waals surface area contributed by atoms with Crippen molar-refractivity contribution in [3.8, 4) is 5.69 Å². The minimum Gasteiger partial charge on any atom is -0.465 e. The number of carbonyl (C=O) groups excluding carboxylic acids is 3. The highest BCUT2D eigenvalue weighted by Crippen LogP contribution is 2.26. The van der Waals surface area contributed by atoms with Gasteiger partial charge >= 0.3 is 12.0 Å². The minimum absolute atomic E-state index is 0.153. The van der Waals surface area contributed by atoms with E-state index in [9.17, 15) is 14.4 Å². The Kier molecular flexibility index (Phi) is 5.41. The molecule has 1 aromatic heterocycles. The monoisotopic (exact) mass is 393 g/mol.